The molecule has 1 aromatic heterocycles. The van der Waals surface area contributed by atoms with Gasteiger partial charge >= 0.3 is 0 Å². The molecule has 0 saturated carbocycles. The quantitative estimate of drug-likeness (QED) is 0.830. The molecule has 1 aliphatic rings. The standard InChI is InChI=1S/C10H14FN3O2S/c11-9-4-1-5-13-10(9)17(15,16)14-6-2-3-8(12)7-14/h1,4-5,8H,2-3,6-7,12H2/t8-/m1/s1. The summed E-state index contributed by atoms with van der Waals surface area (Å²) in [7, 11) is -3.86. The second-order valence-corrected chi connectivity index (χ2v) is 5.91. The number of nitrogens with two attached hydrogens (primary N) is 1. The van der Waals surface area contributed by atoms with Crippen LogP contribution >= 0.6 is 0 Å². The zero-order valence-corrected chi connectivity index (χ0v) is 10.0. The first kappa shape index (κ1) is 12.4. The van der Waals surface area contributed by atoms with Gasteiger partial charge in [-0.3, -0.25) is 0 Å². The van der Waals surface area contributed by atoms with Crippen molar-refractivity contribution in [2.75, 3.05) is 13.1 Å². The van der Waals surface area contributed by atoms with Crippen LogP contribution in [0.4, 0.5) is 4.39 Å². The molecule has 1 aliphatic heterocycles. The molecule has 1 fully saturated rings. The van der Waals surface area contributed by atoms with Gasteiger partial charge in [0.1, 0.15) is 0 Å². The molecule has 0 radical (unpaired) electrons. The third-order valence-corrected chi connectivity index (χ3v) is 4.53. The molecule has 1 atom stereocenters. The van der Waals surface area contributed by atoms with E-state index >= 15 is 0 Å². The zero-order valence-electron chi connectivity index (χ0n) is 9.21. The Hall–Kier alpha value is -1.05. The Morgan fingerprint density at radius 2 is 2.29 bits per heavy atom. The predicted molar refractivity (Wildman–Crippen MR) is 60.2 cm³/mol. The number of rotatable bonds is 2. The van der Waals surface area contributed by atoms with Crippen LogP contribution in [0.25, 0.3) is 0 Å². The van der Waals surface area contributed by atoms with Crippen LogP contribution in [0, 0.1) is 5.82 Å². The van der Waals surface area contributed by atoms with Crippen molar-refractivity contribution in [3.05, 3.63) is 24.1 Å². The van der Waals surface area contributed by atoms with Gasteiger partial charge in [0.15, 0.2) is 5.82 Å². The van der Waals surface area contributed by atoms with E-state index < -0.39 is 20.9 Å². The molecule has 17 heavy (non-hydrogen) atoms. The lowest BCUT2D eigenvalue weighted by atomic mass is 10.1. The molecule has 0 spiro atoms. The van der Waals surface area contributed by atoms with Crippen LogP contribution in [-0.4, -0.2) is 36.8 Å². The van der Waals surface area contributed by atoms with Gasteiger partial charge in [-0.2, -0.15) is 4.31 Å². The summed E-state index contributed by atoms with van der Waals surface area (Å²) in [6, 6.07) is 2.25. The van der Waals surface area contributed by atoms with Gasteiger partial charge in [0.05, 0.1) is 0 Å². The first-order valence-corrected chi connectivity index (χ1v) is 6.82. The Kier molecular flexibility index (Phi) is 3.41. The highest BCUT2D eigenvalue weighted by Gasteiger charge is 2.31. The highest BCUT2D eigenvalue weighted by molar-refractivity contribution is 7.89. The highest BCUT2D eigenvalue weighted by Crippen LogP contribution is 2.20. The molecule has 5 nitrogen and oxygen atoms in total. The molecular weight excluding hydrogens is 245 g/mol. The van der Waals surface area contributed by atoms with Gasteiger partial charge in [-0.1, -0.05) is 0 Å². The van der Waals surface area contributed by atoms with Crippen molar-refractivity contribution in [3.8, 4) is 0 Å². The van der Waals surface area contributed by atoms with Crippen LogP contribution in [0.3, 0.4) is 0 Å². The van der Waals surface area contributed by atoms with Crippen molar-refractivity contribution in [1.29, 1.82) is 0 Å². The van der Waals surface area contributed by atoms with Gasteiger partial charge in [-0.05, 0) is 25.0 Å². The van der Waals surface area contributed by atoms with Gasteiger partial charge in [0.25, 0.3) is 10.0 Å². The van der Waals surface area contributed by atoms with E-state index in [0.717, 1.165) is 12.5 Å². The summed E-state index contributed by atoms with van der Waals surface area (Å²) in [6.07, 6.45) is 2.74. The van der Waals surface area contributed by atoms with E-state index in [4.69, 9.17) is 5.73 Å². The number of hydrogen-bond donors (Lipinski definition) is 1. The number of sulfonamides is 1. The highest BCUT2D eigenvalue weighted by atomic mass is 32.2. The third kappa shape index (κ3) is 2.46. The Labute approximate surface area is 99.5 Å². The number of halogens is 1. The molecule has 2 N–H and O–H groups in total. The summed E-state index contributed by atoms with van der Waals surface area (Å²) in [5, 5.41) is -0.519. The van der Waals surface area contributed by atoms with Crippen molar-refractivity contribution < 1.29 is 12.8 Å². The van der Waals surface area contributed by atoms with Crippen LogP contribution in [0.15, 0.2) is 23.4 Å². The van der Waals surface area contributed by atoms with E-state index in [2.05, 4.69) is 4.98 Å². The molecular formula is C10H14FN3O2S. The lowest BCUT2D eigenvalue weighted by Crippen LogP contribution is -2.46. The SMILES string of the molecule is N[C@@H]1CCCN(S(=O)(=O)c2ncccc2F)C1. The molecule has 0 aliphatic carbocycles. The molecule has 1 aromatic rings. The number of piperidine rings is 1. The Morgan fingerprint density at radius 3 is 2.94 bits per heavy atom. The second kappa shape index (κ2) is 4.67. The maximum Gasteiger partial charge on any atom is 0.263 e. The van der Waals surface area contributed by atoms with Gasteiger partial charge in [0.2, 0.25) is 5.03 Å². The van der Waals surface area contributed by atoms with Gasteiger partial charge in [-0.25, -0.2) is 17.8 Å². The third-order valence-electron chi connectivity index (χ3n) is 2.73. The summed E-state index contributed by atoms with van der Waals surface area (Å²) >= 11 is 0. The summed E-state index contributed by atoms with van der Waals surface area (Å²) in [4.78, 5) is 3.60. The zero-order chi connectivity index (χ0) is 12.5. The smallest absolute Gasteiger partial charge is 0.263 e. The normalized spacial score (nSPS) is 22.6. The average molecular weight is 259 g/mol. The Bertz CT molecular complexity index is 506. The van der Waals surface area contributed by atoms with Crippen LogP contribution in [-0.2, 0) is 10.0 Å². The Morgan fingerprint density at radius 1 is 1.53 bits per heavy atom. The summed E-state index contributed by atoms with van der Waals surface area (Å²) in [5.74, 6) is -0.827. The lowest BCUT2D eigenvalue weighted by Gasteiger charge is -2.29. The van der Waals surface area contributed by atoms with Crippen molar-refractivity contribution in [2.45, 2.75) is 23.9 Å². The van der Waals surface area contributed by atoms with Crippen LogP contribution in [0.5, 0.6) is 0 Å². The molecule has 0 amide bonds. The first-order valence-electron chi connectivity index (χ1n) is 5.38. The summed E-state index contributed by atoms with van der Waals surface area (Å²) < 4.78 is 38.9. The maximum absolute atomic E-state index is 13.4. The lowest BCUT2D eigenvalue weighted by molar-refractivity contribution is 0.314. The van der Waals surface area contributed by atoms with E-state index in [1.807, 2.05) is 0 Å². The summed E-state index contributed by atoms with van der Waals surface area (Å²) in [5.41, 5.74) is 5.72. The van der Waals surface area contributed by atoms with E-state index in [0.29, 0.717) is 13.0 Å². The van der Waals surface area contributed by atoms with Crippen molar-refractivity contribution in [3.63, 3.8) is 0 Å². The number of hydrogen-bond acceptors (Lipinski definition) is 4. The fraction of sp³-hybridized carbons (Fsp3) is 0.500. The predicted octanol–water partition coefficient (Wildman–Crippen LogP) is 0.333. The molecule has 2 rings (SSSR count). The van der Waals surface area contributed by atoms with E-state index in [9.17, 15) is 12.8 Å². The van der Waals surface area contributed by atoms with Crippen LogP contribution in [0.1, 0.15) is 12.8 Å². The topological polar surface area (TPSA) is 76.3 Å². The summed E-state index contributed by atoms with van der Waals surface area (Å²) in [6.45, 7) is 0.588. The van der Waals surface area contributed by atoms with Crippen LogP contribution in [0.2, 0.25) is 0 Å². The van der Waals surface area contributed by atoms with Gasteiger partial charge in [-0.15, -0.1) is 0 Å². The molecule has 0 aromatic carbocycles. The number of nitrogens with zero attached hydrogens (tertiary/aromatic N) is 2. The molecule has 7 heteroatoms. The number of pyridine rings is 1. The molecule has 1 saturated heterocycles. The van der Waals surface area contributed by atoms with Crippen molar-refractivity contribution >= 4 is 10.0 Å². The molecule has 94 valence electrons. The van der Waals surface area contributed by atoms with Crippen molar-refractivity contribution in [1.82, 2.24) is 9.29 Å². The van der Waals surface area contributed by atoms with E-state index in [1.165, 1.54) is 16.6 Å². The van der Waals surface area contributed by atoms with E-state index in [-0.39, 0.29) is 12.6 Å². The minimum Gasteiger partial charge on any atom is -0.327 e. The average Bonchev–Trinajstić information content (AvgIpc) is 2.29. The minimum absolute atomic E-state index is 0.190. The monoisotopic (exact) mass is 259 g/mol. The van der Waals surface area contributed by atoms with Crippen molar-refractivity contribution in [2.24, 2.45) is 5.73 Å². The van der Waals surface area contributed by atoms with Crippen LogP contribution < -0.4 is 5.73 Å². The fourth-order valence-corrected chi connectivity index (χ4v) is 3.39. The van der Waals surface area contributed by atoms with Gasteiger partial charge in [0, 0.05) is 25.3 Å². The fourth-order valence-electron chi connectivity index (χ4n) is 1.88. The van der Waals surface area contributed by atoms with E-state index in [1.54, 1.807) is 0 Å². The largest absolute Gasteiger partial charge is 0.327 e. The number of aromatic nitrogens is 1. The Balaban J connectivity index is 2.33. The molecule has 2 heterocycles. The molecule has 0 unspecified atom stereocenters. The maximum atomic E-state index is 13.4. The minimum atomic E-state index is -3.86. The first-order chi connectivity index (χ1) is 8.01. The second-order valence-electron chi connectivity index (χ2n) is 4.06. The van der Waals surface area contributed by atoms with Gasteiger partial charge < -0.3 is 5.73 Å². The molecule has 0 bridgehead atoms.